The number of rotatable bonds is 5. The molecule has 0 spiro atoms. The molecular weight excluding hydrogens is 321 g/mol. The molecule has 0 aliphatic rings. The summed E-state index contributed by atoms with van der Waals surface area (Å²) in [6, 6.07) is 0.639. The second kappa shape index (κ2) is 6.18. The van der Waals surface area contributed by atoms with E-state index in [4.69, 9.17) is 0 Å². The molecule has 23 heavy (non-hydrogen) atoms. The normalized spacial score (nSPS) is 11.7. The standard InChI is InChI=1S/C12H11F3N4O4/c1-6(2)9-16-7(3-8(17-9)12(13,14)15)10-18-23-11(21)19(10)4-22-5-20/h3,5-6H,4H2,1-2H3. The van der Waals surface area contributed by atoms with Crippen molar-refractivity contribution in [3.63, 3.8) is 0 Å². The molecular formula is C12H11F3N4O4. The van der Waals surface area contributed by atoms with Gasteiger partial charge in [-0.15, -0.1) is 0 Å². The minimum Gasteiger partial charge on any atom is -0.446 e. The quantitative estimate of drug-likeness (QED) is 0.766. The van der Waals surface area contributed by atoms with Gasteiger partial charge in [0.15, 0.2) is 6.73 Å². The van der Waals surface area contributed by atoms with Gasteiger partial charge in [-0.05, 0) is 6.07 Å². The third-order valence-corrected chi connectivity index (χ3v) is 2.74. The molecule has 11 heteroatoms. The number of aromatic nitrogens is 4. The summed E-state index contributed by atoms with van der Waals surface area (Å²) in [5.41, 5.74) is -1.44. The first kappa shape index (κ1) is 16.6. The van der Waals surface area contributed by atoms with Crippen LogP contribution in [-0.4, -0.2) is 26.2 Å². The van der Waals surface area contributed by atoms with Crippen LogP contribution in [0.1, 0.15) is 31.3 Å². The van der Waals surface area contributed by atoms with Gasteiger partial charge in [-0.2, -0.15) is 13.2 Å². The molecule has 2 aromatic rings. The number of ether oxygens (including phenoxy) is 1. The van der Waals surface area contributed by atoms with Crippen LogP contribution in [0, 0.1) is 0 Å². The van der Waals surface area contributed by atoms with Crippen LogP contribution in [0.2, 0.25) is 0 Å². The highest BCUT2D eigenvalue weighted by Crippen LogP contribution is 2.30. The molecule has 2 aromatic heterocycles. The van der Waals surface area contributed by atoms with Gasteiger partial charge in [-0.3, -0.25) is 9.32 Å². The number of carbonyl (C=O) groups is 1. The number of hydrogen-bond donors (Lipinski definition) is 0. The van der Waals surface area contributed by atoms with Crippen LogP contribution in [0.4, 0.5) is 13.2 Å². The summed E-state index contributed by atoms with van der Waals surface area (Å²) in [4.78, 5) is 29.1. The van der Waals surface area contributed by atoms with E-state index in [1.165, 1.54) is 0 Å². The molecule has 0 aliphatic heterocycles. The Balaban J connectivity index is 2.61. The van der Waals surface area contributed by atoms with Crippen LogP contribution in [0.3, 0.4) is 0 Å². The minimum atomic E-state index is -4.70. The molecule has 2 rings (SSSR count). The van der Waals surface area contributed by atoms with Crippen LogP contribution in [0.25, 0.3) is 11.5 Å². The van der Waals surface area contributed by atoms with Crippen molar-refractivity contribution in [2.45, 2.75) is 32.7 Å². The Hall–Kier alpha value is -2.72. The predicted molar refractivity (Wildman–Crippen MR) is 68.0 cm³/mol. The molecule has 124 valence electrons. The molecule has 0 unspecified atom stereocenters. The van der Waals surface area contributed by atoms with Gasteiger partial charge in [0.25, 0.3) is 6.47 Å². The summed E-state index contributed by atoms with van der Waals surface area (Å²) in [5, 5.41) is 3.38. The Kier molecular flexibility index (Phi) is 4.48. The van der Waals surface area contributed by atoms with Gasteiger partial charge in [0.2, 0.25) is 5.82 Å². The second-order valence-corrected chi connectivity index (χ2v) is 4.74. The molecule has 0 fully saturated rings. The van der Waals surface area contributed by atoms with Gasteiger partial charge in [0.05, 0.1) is 0 Å². The van der Waals surface area contributed by atoms with E-state index in [9.17, 15) is 22.8 Å². The maximum Gasteiger partial charge on any atom is 0.444 e. The molecule has 8 nitrogen and oxygen atoms in total. The average molecular weight is 332 g/mol. The van der Waals surface area contributed by atoms with Crippen molar-refractivity contribution in [1.82, 2.24) is 19.7 Å². The van der Waals surface area contributed by atoms with Gasteiger partial charge >= 0.3 is 11.9 Å². The summed E-state index contributed by atoms with van der Waals surface area (Å²) in [7, 11) is 0. The first-order valence-electron chi connectivity index (χ1n) is 6.32. The Morgan fingerprint density at radius 2 is 2.09 bits per heavy atom. The fraction of sp³-hybridized carbons (Fsp3) is 0.417. The molecule has 0 N–H and O–H groups in total. The summed E-state index contributed by atoms with van der Waals surface area (Å²) in [6.45, 7) is 2.74. The Morgan fingerprint density at radius 3 is 2.65 bits per heavy atom. The third kappa shape index (κ3) is 3.55. The van der Waals surface area contributed by atoms with E-state index < -0.39 is 30.3 Å². The van der Waals surface area contributed by atoms with Crippen LogP contribution in [0.5, 0.6) is 0 Å². The van der Waals surface area contributed by atoms with E-state index in [-0.39, 0.29) is 23.8 Å². The maximum atomic E-state index is 13.0. The van der Waals surface area contributed by atoms with Gasteiger partial charge in [0.1, 0.15) is 17.2 Å². The smallest absolute Gasteiger partial charge is 0.444 e. The molecule has 0 radical (unpaired) electrons. The van der Waals surface area contributed by atoms with Crippen molar-refractivity contribution in [1.29, 1.82) is 0 Å². The van der Waals surface area contributed by atoms with Gasteiger partial charge in [0, 0.05) is 5.92 Å². The van der Waals surface area contributed by atoms with Crippen LogP contribution >= 0.6 is 0 Å². The van der Waals surface area contributed by atoms with E-state index >= 15 is 0 Å². The largest absolute Gasteiger partial charge is 0.446 e. The SMILES string of the molecule is CC(C)c1nc(-c2noc(=O)n2COC=O)cc(C(F)(F)F)n1. The lowest BCUT2D eigenvalue weighted by Crippen LogP contribution is -2.18. The predicted octanol–water partition coefficient (Wildman–Crippen LogP) is 1.57. The third-order valence-electron chi connectivity index (χ3n) is 2.74. The number of carbonyl (C=O) groups excluding carboxylic acids is 1. The molecule has 2 heterocycles. The molecule has 0 aromatic carbocycles. The van der Waals surface area contributed by atoms with Crippen molar-refractivity contribution >= 4 is 6.47 Å². The van der Waals surface area contributed by atoms with E-state index in [1.54, 1.807) is 13.8 Å². The molecule has 0 aliphatic carbocycles. The van der Waals surface area contributed by atoms with Gasteiger partial charge in [-0.1, -0.05) is 19.0 Å². The highest BCUT2D eigenvalue weighted by Gasteiger charge is 2.34. The number of halogens is 3. The van der Waals surface area contributed by atoms with E-state index in [0.29, 0.717) is 6.07 Å². The number of nitrogens with zero attached hydrogens (tertiary/aromatic N) is 4. The zero-order chi connectivity index (χ0) is 17.2. The lowest BCUT2D eigenvalue weighted by molar-refractivity contribution is -0.141. The van der Waals surface area contributed by atoms with Crippen LogP contribution in [0.15, 0.2) is 15.4 Å². The average Bonchev–Trinajstić information content (AvgIpc) is 2.84. The molecule has 0 atom stereocenters. The fourth-order valence-corrected chi connectivity index (χ4v) is 1.65. The molecule has 0 saturated heterocycles. The first-order valence-corrected chi connectivity index (χ1v) is 6.32. The first-order chi connectivity index (χ1) is 10.7. The van der Waals surface area contributed by atoms with Crippen molar-refractivity contribution in [2.75, 3.05) is 0 Å². The second-order valence-electron chi connectivity index (χ2n) is 4.74. The fourth-order valence-electron chi connectivity index (χ4n) is 1.65. The lowest BCUT2D eigenvalue weighted by Gasteiger charge is -2.11. The zero-order valence-electron chi connectivity index (χ0n) is 12.0. The molecule has 0 saturated carbocycles. The monoisotopic (exact) mass is 332 g/mol. The highest BCUT2D eigenvalue weighted by molar-refractivity contribution is 5.50. The summed E-state index contributed by atoms with van der Waals surface area (Å²) >= 11 is 0. The summed E-state index contributed by atoms with van der Waals surface area (Å²) in [5.74, 6) is -1.77. The van der Waals surface area contributed by atoms with Crippen molar-refractivity contribution < 1.29 is 27.2 Å². The Morgan fingerprint density at radius 1 is 1.39 bits per heavy atom. The summed E-state index contributed by atoms with van der Waals surface area (Å²) in [6.07, 6.45) is -4.70. The van der Waals surface area contributed by atoms with Crippen molar-refractivity contribution in [2.24, 2.45) is 0 Å². The number of alkyl halides is 3. The van der Waals surface area contributed by atoms with E-state index in [0.717, 1.165) is 4.57 Å². The van der Waals surface area contributed by atoms with Crippen LogP contribution in [-0.2, 0) is 22.4 Å². The van der Waals surface area contributed by atoms with E-state index in [2.05, 4.69) is 24.4 Å². The van der Waals surface area contributed by atoms with E-state index in [1.807, 2.05) is 0 Å². The number of hydrogen-bond acceptors (Lipinski definition) is 7. The Bertz CT molecular complexity index is 766. The zero-order valence-corrected chi connectivity index (χ0v) is 12.0. The topological polar surface area (TPSA) is 100 Å². The maximum absolute atomic E-state index is 13.0. The lowest BCUT2D eigenvalue weighted by atomic mass is 10.2. The Labute approximate surface area is 126 Å². The van der Waals surface area contributed by atoms with Crippen molar-refractivity contribution in [3.05, 3.63) is 28.1 Å². The van der Waals surface area contributed by atoms with Gasteiger partial charge < -0.3 is 4.74 Å². The van der Waals surface area contributed by atoms with Crippen molar-refractivity contribution in [3.8, 4) is 11.5 Å². The van der Waals surface area contributed by atoms with Crippen LogP contribution < -0.4 is 5.76 Å². The minimum absolute atomic E-state index is 0.0733. The van der Waals surface area contributed by atoms with Gasteiger partial charge in [-0.25, -0.2) is 19.3 Å². The highest BCUT2D eigenvalue weighted by atomic mass is 19.4. The molecule has 0 amide bonds. The molecule has 0 bridgehead atoms. The summed E-state index contributed by atoms with van der Waals surface area (Å²) < 4.78 is 48.4.